The normalized spacial score (nSPS) is 13.3. The van der Waals surface area contributed by atoms with Crippen LogP contribution in [-0.4, -0.2) is 50.6 Å². The number of aromatic nitrogens is 3. The molecule has 2 heterocycles. The molecule has 1 saturated carbocycles. The highest BCUT2D eigenvalue weighted by Crippen LogP contribution is 2.34. The zero-order valence-corrected chi connectivity index (χ0v) is 19.7. The first kappa shape index (κ1) is 22.2. The van der Waals surface area contributed by atoms with Gasteiger partial charge in [-0.25, -0.2) is 9.37 Å². The number of thiazole rings is 1. The molecule has 7 nitrogen and oxygen atoms in total. The minimum atomic E-state index is -0.356. The molecule has 9 heteroatoms. The number of fused-ring (bicyclic) bond motifs is 1. The third kappa shape index (κ3) is 4.31. The number of nitrogens with one attached hydrogen (secondary N) is 1. The standard InChI is InChI=1S/C25H24FN5O2S/c1-15-28-22(23(34-15)16-6-5-7-17(26)14-16)25(33)31(18-10-11-18)13-12-27-24(32)21-19-8-3-4-9-20(19)30(2)29-21/h3-9,14,18H,10-13H2,1-2H3,(H,27,32). The van der Waals surface area contributed by atoms with Crippen LogP contribution in [0, 0.1) is 12.7 Å². The number of halogens is 1. The van der Waals surface area contributed by atoms with Crippen molar-refractivity contribution in [3.8, 4) is 10.4 Å². The second-order valence-corrected chi connectivity index (χ2v) is 9.60. The summed E-state index contributed by atoms with van der Waals surface area (Å²) in [6, 6.07) is 13.9. The maximum absolute atomic E-state index is 13.8. The number of carbonyl (C=O) groups is 2. The number of rotatable bonds is 7. The molecule has 0 bridgehead atoms. The van der Waals surface area contributed by atoms with Gasteiger partial charge in [0, 0.05) is 31.6 Å². The minimum Gasteiger partial charge on any atom is -0.349 e. The molecule has 0 unspecified atom stereocenters. The third-order valence-electron chi connectivity index (χ3n) is 5.88. The number of para-hydroxylation sites is 1. The van der Waals surface area contributed by atoms with Crippen molar-refractivity contribution in [1.29, 1.82) is 0 Å². The Morgan fingerprint density at radius 1 is 1.18 bits per heavy atom. The van der Waals surface area contributed by atoms with Crippen LogP contribution < -0.4 is 5.32 Å². The summed E-state index contributed by atoms with van der Waals surface area (Å²) in [5, 5.41) is 8.80. The van der Waals surface area contributed by atoms with Crippen LogP contribution in [0.25, 0.3) is 21.3 Å². The molecule has 1 N–H and O–H groups in total. The molecule has 1 aliphatic carbocycles. The summed E-state index contributed by atoms with van der Waals surface area (Å²) in [4.78, 5) is 33.2. The van der Waals surface area contributed by atoms with Crippen LogP contribution in [0.3, 0.4) is 0 Å². The molecule has 0 spiro atoms. The van der Waals surface area contributed by atoms with Crippen LogP contribution in [0.1, 0.15) is 38.8 Å². The molecule has 0 aliphatic heterocycles. The van der Waals surface area contributed by atoms with E-state index in [9.17, 15) is 14.0 Å². The molecule has 1 aliphatic rings. The van der Waals surface area contributed by atoms with E-state index >= 15 is 0 Å². The highest BCUT2D eigenvalue weighted by Gasteiger charge is 2.35. The van der Waals surface area contributed by atoms with Gasteiger partial charge >= 0.3 is 0 Å². The predicted octanol–water partition coefficient (Wildman–Crippen LogP) is 4.18. The molecular formula is C25H24FN5O2S. The molecule has 2 aromatic carbocycles. The van der Waals surface area contributed by atoms with E-state index in [0.717, 1.165) is 28.8 Å². The fourth-order valence-corrected chi connectivity index (χ4v) is 5.03. The van der Waals surface area contributed by atoms with E-state index in [4.69, 9.17) is 0 Å². The number of amides is 2. The van der Waals surface area contributed by atoms with Gasteiger partial charge in [-0.3, -0.25) is 14.3 Å². The maximum Gasteiger partial charge on any atom is 0.274 e. The summed E-state index contributed by atoms with van der Waals surface area (Å²) >= 11 is 1.38. The molecule has 34 heavy (non-hydrogen) atoms. The van der Waals surface area contributed by atoms with Crippen molar-refractivity contribution in [2.75, 3.05) is 13.1 Å². The first-order valence-corrected chi connectivity index (χ1v) is 12.0. The molecule has 5 rings (SSSR count). The molecule has 0 radical (unpaired) electrons. The lowest BCUT2D eigenvalue weighted by atomic mass is 10.1. The van der Waals surface area contributed by atoms with E-state index < -0.39 is 0 Å². The minimum absolute atomic E-state index is 0.127. The van der Waals surface area contributed by atoms with Crippen molar-refractivity contribution in [1.82, 2.24) is 25.0 Å². The van der Waals surface area contributed by atoms with E-state index in [-0.39, 0.29) is 23.7 Å². The van der Waals surface area contributed by atoms with Gasteiger partial charge in [0.15, 0.2) is 5.69 Å². The van der Waals surface area contributed by atoms with Gasteiger partial charge in [-0.2, -0.15) is 5.10 Å². The fraction of sp³-hybridized carbons (Fsp3) is 0.280. The number of carbonyl (C=O) groups excluding carboxylic acids is 2. The zero-order chi connectivity index (χ0) is 23.8. The number of benzene rings is 2. The molecule has 0 atom stereocenters. The van der Waals surface area contributed by atoms with Crippen LogP contribution >= 0.6 is 11.3 Å². The highest BCUT2D eigenvalue weighted by atomic mass is 32.1. The lowest BCUT2D eigenvalue weighted by molar-refractivity contribution is 0.0732. The molecule has 2 aromatic heterocycles. The van der Waals surface area contributed by atoms with E-state index in [1.54, 1.807) is 28.8 Å². The van der Waals surface area contributed by atoms with Gasteiger partial charge in [0.2, 0.25) is 0 Å². The summed E-state index contributed by atoms with van der Waals surface area (Å²) in [5.41, 5.74) is 2.22. The van der Waals surface area contributed by atoms with E-state index in [1.165, 1.54) is 23.5 Å². The Balaban J connectivity index is 1.32. The van der Waals surface area contributed by atoms with Crippen molar-refractivity contribution in [2.45, 2.75) is 25.8 Å². The summed E-state index contributed by atoms with van der Waals surface area (Å²) in [6.45, 7) is 2.49. The Hall–Kier alpha value is -3.59. The smallest absolute Gasteiger partial charge is 0.274 e. The largest absolute Gasteiger partial charge is 0.349 e. The number of nitrogens with zero attached hydrogens (tertiary/aromatic N) is 4. The maximum atomic E-state index is 13.8. The Morgan fingerprint density at radius 2 is 1.97 bits per heavy atom. The van der Waals surface area contributed by atoms with Gasteiger partial charge in [0.25, 0.3) is 11.8 Å². The average Bonchev–Trinajstić information content (AvgIpc) is 3.51. The Labute approximate surface area is 200 Å². The quantitative estimate of drug-likeness (QED) is 0.433. The number of hydrogen-bond donors (Lipinski definition) is 1. The Kier molecular flexibility index (Phi) is 5.87. The van der Waals surface area contributed by atoms with Crippen molar-refractivity contribution < 1.29 is 14.0 Å². The first-order chi connectivity index (χ1) is 16.4. The van der Waals surface area contributed by atoms with E-state index in [2.05, 4.69) is 15.4 Å². The van der Waals surface area contributed by atoms with Gasteiger partial charge in [-0.05, 0) is 43.5 Å². The van der Waals surface area contributed by atoms with Gasteiger partial charge in [0.1, 0.15) is 11.5 Å². The number of hydrogen-bond acceptors (Lipinski definition) is 5. The molecule has 0 saturated heterocycles. The molecule has 1 fully saturated rings. The summed E-state index contributed by atoms with van der Waals surface area (Å²) in [6.07, 6.45) is 1.84. The SMILES string of the molecule is Cc1nc(C(=O)N(CCNC(=O)c2nn(C)c3ccccc23)C2CC2)c(-c2cccc(F)c2)s1. The van der Waals surface area contributed by atoms with Gasteiger partial charge in [-0.1, -0.05) is 30.3 Å². The van der Waals surface area contributed by atoms with Gasteiger partial charge in [-0.15, -0.1) is 11.3 Å². The van der Waals surface area contributed by atoms with Crippen LogP contribution in [0.4, 0.5) is 4.39 Å². The molecule has 174 valence electrons. The van der Waals surface area contributed by atoms with E-state index in [1.807, 2.05) is 31.2 Å². The van der Waals surface area contributed by atoms with Crippen LogP contribution in [0.2, 0.25) is 0 Å². The van der Waals surface area contributed by atoms with E-state index in [0.29, 0.717) is 34.9 Å². The lowest BCUT2D eigenvalue weighted by Crippen LogP contribution is -2.40. The second kappa shape index (κ2) is 8.98. The van der Waals surface area contributed by atoms with Gasteiger partial charge < -0.3 is 10.2 Å². The van der Waals surface area contributed by atoms with Gasteiger partial charge in [0.05, 0.1) is 15.4 Å². The highest BCUT2D eigenvalue weighted by molar-refractivity contribution is 7.15. The topological polar surface area (TPSA) is 80.1 Å². The molecule has 2 amide bonds. The van der Waals surface area contributed by atoms with Crippen LogP contribution in [0.15, 0.2) is 48.5 Å². The lowest BCUT2D eigenvalue weighted by Gasteiger charge is -2.22. The van der Waals surface area contributed by atoms with Crippen molar-refractivity contribution in [2.24, 2.45) is 7.05 Å². The third-order valence-corrected chi connectivity index (χ3v) is 6.90. The molecular weight excluding hydrogens is 453 g/mol. The van der Waals surface area contributed by atoms with Crippen molar-refractivity contribution in [3.63, 3.8) is 0 Å². The van der Waals surface area contributed by atoms with Crippen LogP contribution in [0.5, 0.6) is 0 Å². The van der Waals surface area contributed by atoms with Crippen LogP contribution in [-0.2, 0) is 7.05 Å². The molecule has 4 aromatic rings. The monoisotopic (exact) mass is 477 g/mol. The van der Waals surface area contributed by atoms with Crippen molar-refractivity contribution >= 4 is 34.1 Å². The predicted molar refractivity (Wildman–Crippen MR) is 129 cm³/mol. The number of aryl methyl sites for hydroxylation is 2. The first-order valence-electron chi connectivity index (χ1n) is 11.2. The second-order valence-electron chi connectivity index (χ2n) is 8.40. The summed E-state index contributed by atoms with van der Waals surface area (Å²) in [7, 11) is 1.80. The average molecular weight is 478 g/mol. The zero-order valence-electron chi connectivity index (χ0n) is 18.9. The summed E-state index contributed by atoms with van der Waals surface area (Å²) in [5.74, 6) is -0.820. The fourth-order valence-electron chi connectivity index (χ4n) is 4.12. The van der Waals surface area contributed by atoms with Crippen molar-refractivity contribution in [3.05, 3.63) is 70.7 Å². The summed E-state index contributed by atoms with van der Waals surface area (Å²) < 4.78 is 15.5. The Morgan fingerprint density at radius 3 is 2.74 bits per heavy atom. The Bertz CT molecular complexity index is 1390.